The third kappa shape index (κ3) is 1.76. The summed E-state index contributed by atoms with van der Waals surface area (Å²) in [6.07, 6.45) is 0.315. The standard InChI is InChI=1S/C10H18O3/c1-6-8(11)10(5)7(2)12-9(3,4)13-10/h7H,6H2,1-5H3/t7-,10+/m0/s1. The number of ketones is 1. The zero-order valence-electron chi connectivity index (χ0n) is 9.01. The topological polar surface area (TPSA) is 35.5 Å². The molecule has 0 saturated carbocycles. The van der Waals surface area contributed by atoms with Crippen LogP contribution in [0.3, 0.4) is 0 Å². The summed E-state index contributed by atoms with van der Waals surface area (Å²) in [5, 5.41) is 0. The van der Waals surface area contributed by atoms with Crippen molar-refractivity contribution in [2.45, 2.75) is 58.5 Å². The lowest BCUT2D eigenvalue weighted by Gasteiger charge is -2.25. The molecule has 3 heteroatoms. The quantitative estimate of drug-likeness (QED) is 0.660. The molecule has 0 bridgehead atoms. The fraction of sp³-hybridized carbons (Fsp3) is 0.900. The van der Waals surface area contributed by atoms with Crippen LogP contribution in [0, 0.1) is 0 Å². The first-order valence-electron chi connectivity index (χ1n) is 4.73. The molecular weight excluding hydrogens is 168 g/mol. The molecule has 0 aliphatic carbocycles. The monoisotopic (exact) mass is 186 g/mol. The van der Waals surface area contributed by atoms with Crippen LogP contribution in [-0.4, -0.2) is 23.3 Å². The molecule has 3 nitrogen and oxygen atoms in total. The summed E-state index contributed by atoms with van der Waals surface area (Å²) >= 11 is 0. The van der Waals surface area contributed by atoms with Gasteiger partial charge in [0.2, 0.25) is 0 Å². The number of carbonyl (C=O) groups is 1. The summed E-state index contributed by atoms with van der Waals surface area (Å²) in [5.74, 6) is -0.537. The number of carbonyl (C=O) groups excluding carboxylic acids is 1. The number of hydrogen-bond donors (Lipinski definition) is 0. The normalized spacial score (nSPS) is 37.8. The minimum atomic E-state index is -0.766. The van der Waals surface area contributed by atoms with E-state index in [1.165, 1.54) is 0 Å². The van der Waals surface area contributed by atoms with Crippen molar-refractivity contribution in [1.82, 2.24) is 0 Å². The van der Waals surface area contributed by atoms with E-state index in [-0.39, 0.29) is 11.9 Å². The van der Waals surface area contributed by atoms with E-state index in [0.717, 1.165) is 0 Å². The Balaban J connectivity index is 2.87. The molecule has 0 aromatic carbocycles. The maximum atomic E-state index is 11.6. The minimum Gasteiger partial charge on any atom is -0.344 e. The van der Waals surface area contributed by atoms with Crippen LogP contribution in [0.25, 0.3) is 0 Å². The van der Waals surface area contributed by atoms with Gasteiger partial charge < -0.3 is 9.47 Å². The zero-order chi connectivity index (χ0) is 10.3. The Hall–Kier alpha value is -0.410. The van der Waals surface area contributed by atoms with Crippen molar-refractivity contribution < 1.29 is 14.3 Å². The number of hydrogen-bond acceptors (Lipinski definition) is 3. The molecule has 0 amide bonds. The Labute approximate surface area is 79.4 Å². The van der Waals surface area contributed by atoms with E-state index >= 15 is 0 Å². The van der Waals surface area contributed by atoms with E-state index < -0.39 is 11.4 Å². The molecular formula is C10H18O3. The molecule has 1 aliphatic rings. The maximum Gasteiger partial charge on any atom is 0.166 e. The van der Waals surface area contributed by atoms with E-state index in [9.17, 15) is 4.79 Å². The van der Waals surface area contributed by atoms with Crippen LogP contribution in [0.4, 0.5) is 0 Å². The molecule has 76 valence electrons. The van der Waals surface area contributed by atoms with Gasteiger partial charge in [0.25, 0.3) is 0 Å². The number of rotatable bonds is 2. The fourth-order valence-corrected chi connectivity index (χ4v) is 1.79. The second-order valence-corrected chi connectivity index (χ2v) is 4.15. The molecule has 0 unspecified atom stereocenters. The van der Waals surface area contributed by atoms with E-state index in [1.807, 2.05) is 27.7 Å². The maximum absolute atomic E-state index is 11.6. The van der Waals surface area contributed by atoms with Gasteiger partial charge >= 0.3 is 0 Å². The van der Waals surface area contributed by atoms with Gasteiger partial charge in [0.15, 0.2) is 17.2 Å². The van der Waals surface area contributed by atoms with Gasteiger partial charge in [-0.25, -0.2) is 0 Å². The zero-order valence-corrected chi connectivity index (χ0v) is 9.01. The van der Waals surface area contributed by atoms with Crippen molar-refractivity contribution in [3.05, 3.63) is 0 Å². The van der Waals surface area contributed by atoms with E-state index in [1.54, 1.807) is 6.92 Å². The average molecular weight is 186 g/mol. The van der Waals surface area contributed by atoms with Crippen LogP contribution in [0.5, 0.6) is 0 Å². The van der Waals surface area contributed by atoms with E-state index in [2.05, 4.69) is 0 Å². The average Bonchev–Trinajstić information content (AvgIpc) is 2.20. The van der Waals surface area contributed by atoms with Gasteiger partial charge in [-0.2, -0.15) is 0 Å². The summed E-state index contributed by atoms with van der Waals surface area (Å²) in [7, 11) is 0. The largest absolute Gasteiger partial charge is 0.344 e. The first kappa shape index (κ1) is 10.7. The van der Waals surface area contributed by atoms with E-state index in [0.29, 0.717) is 6.42 Å². The highest BCUT2D eigenvalue weighted by Gasteiger charge is 2.51. The predicted octanol–water partition coefficient (Wildman–Crippen LogP) is 1.90. The second kappa shape index (κ2) is 3.07. The van der Waals surface area contributed by atoms with Gasteiger partial charge in [0.05, 0.1) is 6.10 Å². The predicted molar refractivity (Wildman–Crippen MR) is 49.4 cm³/mol. The molecule has 1 aliphatic heterocycles. The van der Waals surface area contributed by atoms with Crippen molar-refractivity contribution in [3.63, 3.8) is 0 Å². The third-order valence-corrected chi connectivity index (χ3v) is 2.57. The van der Waals surface area contributed by atoms with Crippen LogP contribution < -0.4 is 0 Å². The molecule has 0 radical (unpaired) electrons. The van der Waals surface area contributed by atoms with E-state index in [4.69, 9.17) is 9.47 Å². The van der Waals surface area contributed by atoms with Crippen molar-refractivity contribution in [3.8, 4) is 0 Å². The minimum absolute atomic E-state index is 0.102. The molecule has 0 aromatic heterocycles. The first-order chi connectivity index (χ1) is 5.82. The molecule has 0 aromatic rings. The second-order valence-electron chi connectivity index (χ2n) is 4.15. The Morgan fingerprint density at radius 1 is 1.38 bits per heavy atom. The molecule has 0 N–H and O–H groups in total. The highest BCUT2D eigenvalue weighted by Crippen LogP contribution is 2.37. The van der Waals surface area contributed by atoms with Gasteiger partial charge in [-0.1, -0.05) is 6.92 Å². The molecule has 1 saturated heterocycles. The molecule has 1 heterocycles. The van der Waals surface area contributed by atoms with Crippen LogP contribution in [0.15, 0.2) is 0 Å². The van der Waals surface area contributed by atoms with Crippen LogP contribution in [-0.2, 0) is 14.3 Å². The Morgan fingerprint density at radius 3 is 2.23 bits per heavy atom. The number of ether oxygens (including phenoxy) is 2. The van der Waals surface area contributed by atoms with Crippen molar-refractivity contribution in [2.75, 3.05) is 0 Å². The third-order valence-electron chi connectivity index (χ3n) is 2.57. The van der Waals surface area contributed by atoms with Crippen LogP contribution in [0.2, 0.25) is 0 Å². The lowest BCUT2D eigenvalue weighted by atomic mass is 9.93. The Bertz CT molecular complexity index is 222. The Morgan fingerprint density at radius 2 is 1.92 bits per heavy atom. The van der Waals surface area contributed by atoms with Crippen molar-refractivity contribution in [2.24, 2.45) is 0 Å². The lowest BCUT2D eigenvalue weighted by molar-refractivity contribution is -0.169. The highest BCUT2D eigenvalue weighted by atomic mass is 16.8. The lowest BCUT2D eigenvalue weighted by Crippen LogP contribution is -2.43. The molecule has 0 spiro atoms. The molecule has 1 fully saturated rings. The summed E-state index contributed by atoms with van der Waals surface area (Å²) in [4.78, 5) is 11.6. The molecule has 2 atom stereocenters. The molecule has 13 heavy (non-hydrogen) atoms. The SMILES string of the molecule is CCC(=O)[C@]1(C)OC(C)(C)O[C@H]1C. The first-order valence-corrected chi connectivity index (χ1v) is 4.73. The van der Waals surface area contributed by atoms with Crippen LogP contribution in [0.1, 0.15) is 41.0 Å². The van der Waals surface area contributed by atoms with Gasteiger partial charge in [-0.05, 0) is 27.7 Å². The van der Waals surface area contributed by atoms with Crippen LogP contribution >= 0.6 is 0 Å². The Kier molecular flexibility index (Phi) is 2.52. The van der Waals surface area contributed by atoms with Crippen molar-refractivity contribution >= 4 is 5.78 Å². The van der Waals surface area contributed by atoms with Crippen molar-refractivity contribution in [1.29, 1.82) is 0 Å². The van der Waals surface area contributed by atoms with Gasteiger partial charge in [-0.15, -0.1) is 0 Å². The smallest absolute Gasteiger partial charge is 0.166 e. The summed E-state index contributed by atoms with van der Waals surface area (Å²) < 4.78 is 11.2. The summed E-state index contributed by atoms with van der Waals surface area (Å²) in [5.41, 5.74) is -0.766. The summed E-state index contributed by atoms with van der Waals surface area (Å²) in [6.45, 7) is 9.19. The van der Waals surface area contributed by atoms with Gasteiger partial charge in [0, 0.05) is 6.42 Å². The number of Topliss-reactive ketones (excluding diaryl/α,β-unsaturated/α-hetero) is 1. The fourth-order valence-electron chi connectivity index (χ4n) is 1.79. The highest BCUT2D eigenvalue weighted by molar-refractivity contribution is 5.87. The van der Waals surface area contributed by atoms with Gasteiger partial charge in [0.1, 0.15) is 0 Å². The van der Waals surface area contributed by atoms with Gasteiger partial charge in [-0.3, -0.25) is 4.79 Å². The molecule has 1 rings (SSSR count). The summed E-state index contributed by atoms with van der Waals surface area (Å²) in [6, 6.07) is 0.